The van der Waals surface area contributed by atoms with E-state index >= 15 is 0 Å². The number of rotatable bonds is 4. The van der Waals surface area contributed by atoms with E-state index < -0.39 is 6.04 Å². The molecular weight excluding hydrogens is 348 g/mol. The Hall–Kier alpha value is -2.25. The molecule has 1 aromatic carbocycles. The summed E-state index contributed by atoms with van der Waals surface area (Å²) in [5, 5.41) is 16.5. The fraction of sp³-hybridized carbons (Fsp3) is 0.133. The summed E-state index contributed by atoms with van der Waals surface area (Å²) in [4.78, 5) is 16.6. The monoisotopic (exact) mass is 360 g/mol. The molecule has 112 valence electrons. The molecule has 0 radical (unpaired) electrons. The van der Waals surface area contributed by atoms with E-state index in [0.717, 1.165) is 5.56 Å². The van der Waals surface area contributed by atoms with Gasteiger partial charge in [-0.05, 0) is 21.5 Å². The quantitative estimate of drug-likeness (QED) is 0.745. The van der Waals surface area contributed by atoms with Gasteiger partial charge in [-0.25, -0.2) is 9.50 Å². The minimum absolute atomic E-state index is 0.195. The number of aliphatic hydroxyl groups is 1. The van der Waals surface area contributed by atoms with Gasteiger partial charge in [-0.15, -0.1) is 0 Å². The van der Waals surface area contributed by atoms with E-state index in [9.17, 15) is 9.90 Å². The maximum absolute atomic E-state index is 12.5. The lowest BCUT2D eigenvalue weighted by atomic mass is 10.1. The fourth-order valence-corrected chi connectivity index (χ4v) is 2.68. The zero-order valence-electron chi connectivity index (χ0n) is 11.5. The third-order valence-corrected chi connectivity index (χ3v) is 3.87. The minimum Gasteiger partial charge on any atom is -0.394 e. The van der Waals surface area contributed by atoms with Gasteiger partial charge in [0, 0.05) is 12.4 Å². The number of fused-ring (bicyclic) bond motifs is 1. The van der Waals surface area contributed by atoms with Gasteiger partial charge < -0.3 is 10.4 Å². The number of aromatic nitrogens is 3. The topological polar surface area (TPSA) is 79.5 Å². The van der Waals surface area contributed by atoms with Crippen molar-refractivity contribution in [1.82, 2.24) is 19.9 Å². The standard InChI is InChI=1S/C15H13BrN4O2/c16-11-8-18-20-7-6-17-13(14(11)20)15(22)19-12(9-21)10-4-2-1-3-5-10/h1-8,12,21H,9H2,(H,19,22). The van der Waals surface area contributed by atoms with Crippen molar-refractivity contribution < 1.29 is 9.90 Å². The van der Waals surface area contributed by atoms with E-state index in [4.69, 9.17) is 0 Å². The number of aliphatic hydroxyl groups excluding tert-OH is 1. The second kappa shape index (κ2) is 6.25. The van der Waals surface area contributed by atoms with Gasteiger partial charge in [-0.2, -0.15) is 5.10 Å². The van der Waals surface area contributed by atoms with Gasteiger partial charge in [0.15, 0.2) is 5.69 Å². The molecule has 2 heterocycles. The van der Waals surface area contributed by atoms with Gasteiger partial charge in [0.2, 0.25) is 0 Å². The van der Waals surface area contributed by atoms with Crippen LogP contribution in [-0.2, 0) is 0 Å². The Morgan fingerprint density at radius 3 is 2.86 bits per heavy atom. The molecule has 0 fully saturated rings. The highest BCUT2D eigenvalue weighted by Crippen LogP contribution is 2.20. The number of amides is 1. The molecule has 0 spiro atoms. The number of nitrogens with one attached hydrogen (secondary N) is 1. The molecule has 2 aromatic heterocycles. The Morgan fingerprint density at radius 2 is 2.14 bits per heavy atom. The molecule has 1 atom stereocenters. The van der Waals surface area contributed by atoms with Crippen LogP contribution in [0.25, 0.3) is 5.52 Å². The van der Waals surface area contributed by atoms with Crippen molar-refractivity contribution in [2.24, 2.45) is 0 Å². The van der Waals surface area contributed by atoms with Gasteiger partial charge >= 0.3 is 0 Å². The molecule has 0 bridgehead atoms. The second-order valence-electron chi connectivity index (χ2n) is 4.68. The zero-order valence-corrected chi connectivity index (χ0v) is 13.1. The fourth-order valence-electron chi connectivity index (χ4n) is 2.22. The smallest absolute Gasteiger partial charge is 0.272 e. The number of nitrogens with zero attached hydrogens (tertiary/aromatic N) is 3. The van der Waals surface area contributed by atoms with Crippen LogP contribution in [0.3, 0.4) is 0 Å². The highest BCUT2D eigenvalue weighted by molar-refractivity contribution is 9.10. The summed E-state index contributed by atoms with van der Waals surface area (Å²) in [6.45, 7) is -0.195. The van der Waals surface area contributed by atoms with Crippen LogP contribution < -0.4 is 5.32 Å². The maximum Gasteiger partial charge on any atom is 0.272 e. The molecular formula is C15H13BrN4O2. The number of halogens is 1. The van der Waals surface area contributed by atoms with Gasteiger partial charge in [-0.3, -0.25) is 4.79 Å². The van der Waals surface area contributed by atoms with E-state index in [1.54, 1.807) is 16.9 Å². The molecule has 0 aliphatic heterocycles. The van der Waals surface area contributed by atoms with E-state index in [-0.39, 0.29) is 18.2 Å². The van der Waals surface area contributed by atoms with Gasteiger partial charge in [-0.1, -0.05) is 30.3 Å². The molecule has 0 saturated heterocycles. The predicted octanol–water partition coefficient (Wildman–Crippen LogP) is 1.96. The maximum atomic E-state index is 12.5. The number of carbonyl (C=O) groups is 1. The number of carbonyl (C=O) groups excluding carboxylic acids is 1. The largest absolute Gasteiger partial charge is 0.394 e. The first-order chi connectivity index (χ1) is 10.7. The van der Waals surface area contributed by atoms with Gasteiger partial charge in [0.25, 0.3) is 5.91 Å². The van der Waals surface area contributed by atoms with Crippen LogP contribution in [-0.4, -0.2) is 32.2 Å². The van der Waals surface area contributed by atoms with Gasteiger partial charge in [0.1, 0.15) is 5.52 Å². The molecule has 3 rings (SSSR count). The number of benzene rings is 1. The molecule has 0 aliphatic carbocycles. The van der Waals surface area contributed by atoms with Crippen molar-refractivity contribution in [2.45, 2.75) is 6.04 Å². The average molecular weight is 361 g/mol. The van der Waals surface area contributed by atoms with Crippen molar-refractivity contribution in [3.63, 3.8) is 0 Å². The van der Waals surface area contributed by atoms with E-state index in [0.29, 0.717) is 9.99 Å². The summed E-state index contributed by atoms with van der Waals surface area (Å²) in [6.07, 6.45) is 4.78. The highest BCUT2D eigenvalue weighted by Gasteiger charge is 2.19. The average Bonchev–Trinajstić information content (AvgIpc) is 2.94. The number of hydrogen-bond donors (Lipinski definition) is 2. The van der Waals surface area contributed by atoms with Crippen LogP contribution in [0, 0.1) is 0 Å². The summed E-state index contributed by atoms with van der Waals surface area (Å²) in [7, 11) is 0. The van der Waals surface area contributed by atoms with Crippen molar-refractivity contribution in [3.8, 4) is 0 Å². The van der Waals surface area contributed by atoms with Crippen LogP contribution >= 0.6 is 15.9 Å². The Bertz CT molecular complexity index is 804. The third kappa shape index (κ3) is 2.72. The normalized spacial score (nSPS) is 12.3. The van der Waals surface area contributed by atoms with Crippen molar-refractivity contribution in [2.75, 3.05) is 6.61 Å². The first kappa shape index (κ1) is 14.7. The Kier molecular flexibility index (Phi) is 4.17. The van der Waals surface area contributed by atoms with Crippen molar-refractivity contribution in [1.29, 1.82) is 0 Å². The van der Waals surface area contributed by atoms with Crippen molar-refractivity contribution >= 4 is 27.4 Å². The molecule has 1 amide bonds. The zero-order chi connectivity index (χ0) is 15.5. The Balaban J connectivity index is 1.91. The van der Waals surface area contributed by atoms with E-state index in [1.165, 1.54) is 6.20 Å². The first-order valence-electron chi connectivity index (χ1n) is 6.65. The van der Waals surface area contributed by atoms with Crippen LogP contribution in [0.15, 0.2) is 53.4 Å². The molecule has 0 saturated carbocycles. The second-order valence-corrected chi connectivity index (χ2v) is 5.54. The van der Waals surface area contributed by atoms with E-state index in [1.807, 2.05) is 30.3 Å². The van der Waals surface area contributed by atoms with Crippen LogP contribution in [0.2, 0.25) is 0 Å². The molecule has 22 heavy (non-hydrogen) atoms. The SMILES string of the molecule is O=C(NC(CO)c1ccccc1)c1nccn2ncc(Br)c12. The lowest BCUT2D eigenvalue weighted by Gasteiger charge is -2.16. The first-order valence-corrected chi connectivity index (χ1v) is 7.44. The molecule has 0 aliphatic rings. The highest BCUT2D eigenvalue weighted by atomic mass is 79.9. The van der Waals surface area contributed by atoms with Crippen molar-refractivity contribution in [3.05, 3.63) is 64.7 Å². The van der Waals surface area contributed by atoms with Crippen LogP contribution in [0.5, 0.6) is 0 Å². The lowest BCUT2D eigenvalue weighted by Crippen LogP contribution is -2.31. The van der Waals surface area contributed by atoms with Gasteiger partial charge in [0.05, 0.1) is 23.3 Å². The molecule has 6 nitrogen and oxygen atoms in total. The Labute approximate surface area is 134 Å². The molecule has 7 heteroatoms. The van der Waals surface area contributed by atoms with Crippen LogP contribution in [0.4, 0.5) is 0 Å². The summed E-state index contributed by atoms with van der Waals surface area (Å²) >= 11 is 3.36. The summed E-state index contributed by atoms with van der Waals surface area (Å²) in [6, 6.07) is 8.81. The lowest BCUT2D eigenvalue weighted by molar-refractivity contribution is 0.0912. The molecule has 1 unspecified atom stereocenters. The molecule has 2 N–H and O–H groups in total. The summed E-state index contributed by atoms with van der Waals surface area (Å²) < 4.78 is 2.26. The number of hydrogen-bond acceptors (Lipinski definition) is 4. The van der Waals surface area contributed by atoms with E-state index in [2.05, 4.69) is 31.3 Å². The Morgan fingerprint density at radius 1 is 1.36 bits per heavy atom. The van der Waals surface area contributed by atoms with Crippen LogP contribution in [0.1, 0.15) is 22.1 Å². The minimum atomic E-state index is -0.488. The molecule has 3 aromatic rings. The predicted molar refractivity (Wildman–Crippen MR) is 84.4 cm³/mol. The summed E-state index contributed by atoms with van der Waals surface area (Å²) in [5.41, 5.74) is 1.67. The summed E-state index contributed by atoms with van der Waals surface area (Å²) in [5.74, 6) is -0.366. The third-order valence-electron chi connectivity index (χ3n) is 3.29.